The summed E-state index contributed by atoms with van der Waals surface area (Å²) < 4.78 is 2.24. The van der Waals surface area contributed by atoms with Gasteiger partial charge in [0.1, 0.15) is 9.88 Å². The Hall–Kier alpha value is -2.48. The second-order valence-electron chi connectivity index (χ2n) is 6.99. The van der Waals surface area contributed by atoms with Crippen molar-refractivity contribution < 1.29 is 4.79 Å². The lowest BCUT2D eigenvalue weighted by atomic mass is 10.2. The average molecular weight is 411 g/mol. The summed E-state index contributed by atoms with van der Waals surface area (Å²) in [6.07, 6.45) is 2.10. The van der Waals surface area contributed by atoms with Crippen LogP contribution in [0.1, 0.15) is 15.4 Å². The zero-order valence-corrected chi connectivity index (χ0v) is 17.7. The van der Waals surface area contributed by atoms with Crippen LogP contribution in [-0.4, -0.2) is 41.0 Å². The van der Waals surface area contributed by atoms with Gasteiger partial charge in [-0.3, -0.25) is 4.79 Å². The zero-order valence-electron chi connectivity index (χ0n) is 16.1. The molecule has 5 nitrogen and oxygen atoms in total. The van der Waals surface area contributed by atoms with E-state index in [-0.39, 0.29) is 5.91 Å². The van der Waals surface area contributed by atoms with Gasteiger partial charge >= 0.3 is 0 Å². The van der Waals surface area contributed by atoms with Gasteiger partial charge in [-0.05, 0) is 56.7 Å². The van der Waals surface area contributed by atoms with Crippen molar-refractivity contribution in [2.75, 3.05) is 26.0 Å². The van der Waals surface area contributed by atoms with Crippen LogP contribution in [0, 0.1) is 6.92 Å². The fourth-order valence-corrected chi connectivity index (χ4v) is 4.76. The van der Waals surface area contributed by atoms with E-state index < -0.39 is 0 Å². The molecule has 28 heavy (non-hydrogen) atoms. The number of carbonyl (C=O) groups excluding carboxylic acids is 1. The molecule has 0 saturated carbocycles. The van der Waals surface area contributed by atoms with E-state index in [1.807, 2.05) is 30.5 Å². The van der Waals surface area contributed by atoms with E-state index in [0.29, 0.717) is 4.88 Å². The number of thiophene rings is 1. The van der Waals surface area contributed by atoms with Gasteiger partial charge in [0.15, 0.2) is 0 Å². The van der Waals surface area contributed by atoms with E-state index >= 15 is 0 Å². The molecule has 3 aromatic heterocycles. The van der Waals surface area contributed by atoms with E-state index in [4.69, 9.17) is 0 Å². The first-order chi connectivity index (χ1) is 13.5. The maximum Gasteiger partial charge on any atom is 0.267 e. The van der Waals surface area contributed by atoms with E-state index in [1.54, 1.807) is 11.3 Å². The molecule has 0 saturated heterocycles. The van der Waals surface area contributed by atoms with Gasteiger partial charge in [0.25, 0.3) is 5.91 Å². The van der Waals surface area contributed by atoms with Crippen LogP contribution in [0.2, 0.25) is 0 Å². The Balaban J connectivity index is 1.52. The molecule has 0 aliphatic heterocycles. The molecule has 0 aliphatic carbocycles. The smallest absolute Gasteiger partial charge is 0.267 e. The topological polar surface area (TPSA) is 50.2 Å². The number of aryl methyl sites for hydroxylation is 1. The number of nitrogens with one attached hydrogen (secondary N) is 1. The van der Waals surface area contributed by atoms with Crippen LogP contribution in [-0.2, 0) is 6.54 Å². The van der Waals surface area contributed by atoms with Gasteiger partial charge in [0, 0.05) is 46.8 Å². The molecule has 4 rings (SSSR count). The molecule has 3 heterocycles. The van der Waals surface area contributed by atoms with Crippen LogP contribution >= 0.6 is 22.7 Å². The Bertz CT molecular complexity index is 1110. The second-order valence-corrected chi connectivity index (χ2v) is 8.76. The lowest BCUT2D eigenvalue weighted by molar-refractivity contribution is 0.103. The highest BCUT2D eigenvalue weighted by Gasteiger charge is 2.17. The van der Waals surface area contributed by atoms with Crippen LogP contribution in [0.5, 0.6) is 0 Å². The SMILES string of the molecule is Cc1nc(-c2ccsc2)sc1C(=O)Nc1ccc2c(ccn2CCN(C)C)c1. The minimum atomic E-state index is -0.108. The molecule has 1 aromatic carbocycles. The summed E-state index contributed by atoms with van der Waals surface area (Å²) >= 11 is 3.07. The normalized spacial score (nSPS) is 11.4. The van der Waals surface area contributed by atoms with Gasteiger partial charge in [-0.15, -0.1) is 11.3 Å². The highest BCUT2D eigenvalue weighted by atomic mass is 32.1. The minimum Gasteiger partial charge on any atom is -0.346 e. The van der Waals surface area contributed by atoms with Crippen LogP contribution in [0.3, 0.4) is 0 Å². The highest BCUT2D eigenvalue weighted by molar-refractivity contribution is 7.17. The molecule has 1 amide bonds. The fraction of sp³-hybridized carbons (Fsp3) is 0.238. The van der Waals surface area contributed by atoms with Gasteiger partial charge in [-0.1, -0.05) is 0 Å². The number of benzene rings is 1. The summed E-state index contributed by atoms with van der Waals surface area (Å²) in [6.45, 7) is 3.81. The van der Waals surface area contributed by atoms with Crippen molar-refractivity contribution in [3.05, 3.63) is 57.9 Å². The van der Waals surface area contributed by atoms with Gasteiger partial charge in [0.2, 0.25) is 0 Å². The molecule has 0 aliphatic rings. The maximum atomic E-state index is 12.8. The monoisotopic (exact) mass is 410 g/mol. The van der Waals surface area contributed by atoms with Gasteiger partial charge in [-0.2, -0.15) is 11.3 Å². The van der Waals surface area contributed by atoms with Crippen molar-refractivity contribution in [1.29, 1.82) is 0 Å². The Morgan fingerprint density at radius 3 is 2.86 bits per heavy atom. The van der Waals surface area contributed by atoms with Crippen molar-refractivity contribution in [1.82, 2.24) is 14.5 Å². The van der Waals surface area contributed by atoms with Crippen molar-refractivity contribution in [2.24, 2.45) is 0 Å². The van der Waals surface area contributed by atoms with E-state index in [0.717, 1.165) is 40.4 Å². The Labute approximate surface area is 172 Å². The van der Waals surface area contributed by atoms with Crippen molar-refractivity contribution in [3.63, 3.8) is 0 Å². The summed E-state index contributed by atoms with van der Waals surface area (Å²) in [5.74, 6) is -0.108. The first-order valence-corrected chi connectivity index (χ1v) is 10.8. The number of thiazole rings is 1. The molecule has 0 unspecified atom stereocenters. The van der Waals surface area contributed by atoms with Gasteiger partial charge < -0.3 is 14.8 Å². The van der Waals surface area contributed by atoms with Gasteiger partial charge in [0.05, 0.1) is 5.69 Å². The predicted octanol–water partition coefficient (Wildman–Crippen LogP) is 4.95. The van der Waals surface area contributed by atoms with E-state index in [9.17, 15) is 4.79 Å². The molecule has 0 spiro atoms. The maximum absolute atomic E-state index is 12.8. The first-order valence-electron chi connectivity index (χ1n) is 9.06. The average Bonchev–Trinajstić information content (AvgIpc) is 3.39. The van der Waals surface area contributed by atoms with E-state index in [1.165, 1.54) is 16.9 Å². The number of aromatic nitrogens is 2. The fourth-order valence-electron chi connectivity index (χ4n) is 3.09. The van der Waals surface area contributed by atoms with Crippen LogP contribution in [0.25, 0.3) is 21.5 Å². The third kappa shape index (κ3) is 3.87. The molecule has 7 heteroatoms. The largest absolute Gasteiger partial charge is 0.346 e. The van der Waals surface area contributed by atoms with Gasteiger partial charge in [-0.25, -0.2) is 4.98 Å². The Morgan fingerprint density at radius 2 is 2.11 bits per heavy atom. The number of rotatable bonds is 6. The summed E-state index contributed by atoms with van der Waals surface area (Å²) in [4.78, 5) is 20.2. The molecule has 0 bridgehead atoms. The zero-order chi connectivity index (χ0) is 19.7. The van der Waals surface area contributed by atoms with Crippen LogP contribution in [0.15, 0.2) is 47.3 Å². The van der Waals surface area contributed by atoms with Crippen LogP contribution < -0.4 is 5.32 Å². The lowest BCUT2D eigenvalue weighted by Crippen LogP contribution is -2.17. The Kier molecular flexibility index (Phi) is 5.30. The standard InChI is InChI=1S/C21H22N4OS2/c1-14-19(28-21(22-14)16-7-11-27-13-16)20(26)23-17-4-5-18-15(12-17)6-8-25(18)10-9-24(2)3/h4-8,11-13H,9-10H2,1-3H3,(H,23,26). The summed E-state index contributed by atoms with van der Waals surface area (Å²) in [5.41, 5.74) is 3.80. The highest BCUT2D eigenvalue weighted by Crippen LogP contribution is 2.30. The molecular formula is C21H22N4OS2. The number of amides is 1. The quantitative estimate of drug-likeness (QED) is 0.489. The third-order valence-corrected chi connectivity index (χ3v) is 6.48. The molecule has 144 valence electrons. The second kappa shape index (κ2) is 7.87. The number of hydrogen-bond acceptors (Lipinski definition) is 5. The van der Waals surface area contributed by atoms with E-state index in [2.05, 4.69) is 57.6 Å². The molecule has 0 radical (unpaired) electrons. The molecular weight excluding hydrogens is 388 g/mol. The predicted molar refractivity (Wildman–Crippen MR) is 119 cm³/mol. The first kappa shape index (κ1) is 18.9. The third-order valence-electron chi connectivity index (χ3n) is 4.59. The van der Waals surface area contributed by atoms with Crippen molar-refractivity contribution in [3.8, 4) is 10.6 Å². The van der Waals surface area contributed by atoms with Crippen molar-refractivity contribution >= 4 is 45.2 Å². The number of anilines is 1. The molecule has 1 N–H and O–H groups in total. The molecule has 0 fully saturated rings. The lowest BCUT2D eigenvalue weighted by Gasteiger charge is -2.11. The summed E-state index contributed by atoms with van der Waals surface area (Å²) in [5, 5.41) is 9.10. The molecule has 0 atom stereocenters. The number of hydrogen-bond donors (Lipinski definition) is 1. The molecule has 4 aromatic rings. The number of carbonyl (C=O) groups is 1. The number of nitrogens with zero attached hydrogens (tertiary/aromatic N) is 3. The number of likely N-dealkylation sites (N-methyl/N-ethyl adjacent to an activating group) is 1. The van der Waals surface area contributed by atoms with Crippen molar-refractivity contribution in [2.45, 2.75) is 13.5 Å². The number of fused-ring (bicyclic) bond motifs is 1. The summed E-state index contributed by atoms with van der Waals surface area (Å²) in [6, 6.07) is 10.2. The summed E-state index contributed by atoms with van der Waals surface area (Å²) in [7, 11) is 4.15. The minimum absolute atomic E-state index is 0.108. The Morgan fingerprint density at radius 1 is 1.25 bits per heavy atom. The van der Waals surface area contributed by atoms with Crippen LogP contribution in [0.4, 0.5) is 5.69 Å².